The molecule has 2 aromatic rings. The molecule has 0 saturated carbocycles. The Morgan fingerprint density at radius 2 is 1.86 bits per heavy atom. The molecule has 1 fully saturated rings. The van der Waals surface area contributed by atoms with E-state index in [9.17, 15) is 9.59 Å². The van der Waals surface area contributed by atoms with Crippen LogP contribution in [0, 0.1) is 0 Å². The molecule has 1 heterocycles. The highest BCUT2D eigenvalue weighted by atomic mass is 35.5. The predicted molar refractivity (Wildman–Crippen MR) is 114 cm³/mol. The number of carbonyl (C=O) groups is 2. The van der Waals surface area contributed by atoms with Crippen LogP contribution >= 0.6 is 11.6 Å². The Hall–Kier alpha value is -2.57. The zero-order valence-corrected chi connectivity index (χ0v) is 17.5. The van der Waals surface area contributed by atoms with E-state index in [2.05, 4.69) is 5.32 Å². The van der Waals surface area contributed by atoms with Crippen LogP contribution in [-0.4, -0.2) is 55.4 Å². The Balaban J connectivity index is 1.75. The Labute approximate surface area is 176 Å². The van der Waals surface area contributed by atoms with E-state index < -0.39 is 6.04 Å². The highest BCUT2D eigenvalue weighted by Gasteiger charge is 2.31. The Kier molecular flexibility index (Phi) is 7.12. The van der Waals surface area contributed by atoms with Crippen LogP contribution in [0.25, 0.3) is 0 Å². The number of hydrogen-bond donors (Lipinski definition) is 1. The van der Waals surface area contributed by atoms with E-state index in [-0.39, 0.29) is 18.4 Å². The molecule has 3 rings (SSSR count). The summed E-state index contributed by atoms with van der Waals surface area (Å²) in [6, 6.07) is 14.1. The standard InChI is InChI=1S/C22H26ClN3O3/c1-25(15-20(27)24-18-14-17(23)10-11-19(18)29-2)21(16-8-4-3-5-9-16)22(28)26-12-6-7-13-26/h3-5,8-11,14,21H,6-7,12-13,15H2,1-2H3,(H,24,27). The summed E-state index contributed by atoms with van der Waals surface area (Å²) < 4.78 is 5.28. The van der Waals surface area contributed by atoms with Crippen molar-refractivity contribution in [1.29, 1.82) is 0 Å². The van der Waals surface area contributed by atoms with Crippen LogP contribution in [0.5, 0.6) is 5.75 Å². The lowest BCUT2D eigenvalue weighted by molar-refractivity contribution is -0.136. The van der Waals surface area contributed by atoms with Gasteiger partial charge in [0, 0.05) is 18.1 Å². The van der Waals surface area contributed by atoms with Crippen molar-refractivity contribution in [2.75, 3.05) is 39.1 Å². The Bertz CT molecular complexity index is 854. The predicted octanol–water partition coefficient (Wildman–Crippen LogP) is 3.58. The van der Waals surface area contributed by atoms with Gasteiger partial charge in [-0.3, -0.25) is 14.5 Å². The lowest BCUT2D eigenvalue weighted by Crippen LogP contribution is -2.43. The SMILES string of the molecule is COc1ccc(Cl)cc1NC(=O)CN(C)C(C(=O)N1CCCC1)c1ccccc1. The number of likely N-dealkylation sites (N-methyl/N-ethyl adjacent to an activating group) is 1. The fourth-order valence-corrected chi connectivity index (χ4v) is 3.79. The first-order chi connectivity index (χ1) is 14.0. The number of carbonyl (C=O) groups excluding carboxylic acids is 2. The summed E-state index contributed by atoms with van der Waals surface area (Å²) in [4.78, 5) is 29.6. The lowest BCUT2D eigenvalue weighted by atomic mass is 10.0. The summed E-state index contributed by atoms with van der Waals surface area (Å²) in [5.74, 6) is 0.311. The van der Waals surface area contributed by atoms with Gasteiger partial charge in [0.1, 0.15) is 11.8 Å². The average Bonchev–Trinajstić information content (AvgIpc) is 3.24. The van der Waals surface area contributed by atoms with E-state index in [4.69, 9.17) is 16.3 Å². The van der Waals surface area contributed by atoms with Crippen molar-refractivity contribution in [3.8, 4) is 5.75 Å². The van der Waals surface area contributed by atoms with E-state index in [0.717, 1.165) is 31.5 Å². The second kappa shape index (κ2) is 9.76. The minimum absolute atomic E-state index is 0.0318. The Morgan fingerprint density at radius 1 is 1.17 bits per heavy atom. The molecule has 0 aliphatic carbocycles. The number of nitrogens with zero attached hydrogens (tertiary/aromatic N) is 2. The molecule has 0 spiro atoms. The summed E-state index contributed by atoms with van der Waals surface area (Å²) in [5, 5.41) is 3.33. The van der Waals surface area contributed by atoms with Crippen LogP contribution in [0.2, 0.25) is 5.02 Å². The molecule has 1 unspecified atom stereocenters. The number of likely N-dealkylation sites (tertiary alicyclic amines) is 1. The van der Waals surface area contributed by atoms with Gasteiger partial charge in [-0.05, 0) is 43.7 Å². The van der Waals surface area contributed by atoms with Gasteiger partial charge in [-0.2, -0.15) is 0 Å². The zero-order valence-electron chi connectivity index (χ0n) is 16.7. The van der Waals surface area contributed by atoms with Gasteiger partial charge in [0.15, 0.2) is 0 Å². The van der Waals surface area contributed by atoms with Gasteiger partial charge in [0.05, 0.1) is 19.3 Å². The van der Waals surface area contributed by atoms with Crippen molar-refractivity contribution in [2.24, 2.45) is 0 Å². The fourth-order valence-electron chi connectivity index (χ4n) is 3.62. The van der Waals surface area contributed by atoms with Crippen LogP contribution in [0.15, 0.2) is 48.5 Å². The quantitative estimate of drug-likeness (QED) is 0.750. The minimum Gasteiger partial charge on any atom is -0.495 e. The van der Waals surface area contributed by atoms with Crippen LogP contribution in [0.1, 0.15) is 24.4 Å². The first-order valence-electron chi connectivity index (χ1n) is 9.67. The van der Waals surface area contributed by atoms with E-state index in [1.54, 1.807) is 30.1 Å². The van der Waals surface area contributed by atoms with Crippen molar-refractivity contribution in [3.05, 3.63) is 59.1 Å². The summed E-state index contributed by atoms with van der Waals surface area (Å²) in [6.45, 7) is 1.58. The molecule has 154 valence electrons. The van der Waals surface area contributed by atoms with E-state index in [0.29, 0.717) is 16.5 Å². The smallest absolute Gasteiger partial charge is 0.244 e. The van der Waals surface area contributed by atoms with Gasteiger partial charge in [0.2, 0.25) is 11.8 Å². The number of ether oxygens (including phenoxy) is 1. The molecule has 0 bridgehead atoms. The number of halogens is 1. The molecule has 6 nitrogen and oxygen atoms in total. The summed E-state index contributed by atoms with van der Waals surface area (Å²) in [5.41, 5.74) is 1.38. The molecule has 2 aromatic carbocycles. The molecule has 0 aromatic heterocycles. The van der Waals surface area contributed by atoms with Crippen LogP contribution in [0.4, 0.5) is 5.69 Å². The molecular formula is C22H26ClN3O3. The van der Waals surface area contributed by atoms with Crippen LogP contribution < -0.4 is 10.1 Å². The molecule has 0 radical (unpaired) electrons. The molecular weight excluding hydrogens is 390 g/mol. The van der Waals surface area contributed by atoms with Gasteiger partial charge in [0.25, 0.3) is 0 Å². The third-order valence-corrected chi connectivity index (χ3v) is 5.27. The van der Waals surface area contributed by atoms with Gasteiger partial charge >= 0.3 is 0 Å². The molecule has 1 atom stereocenters. The largest absolute Gasteiger partial charge is 0.495 e. The van der Waals surface area contributed by atoms with Gasteiger partial charge < -0.3 is 15.0 Å². The molecule has 1 saturated heterocycles. The van der Waals surface area contributed by atoms with Crippen LogP contribution in [0.3, 0.4) is 0 Å². The maximum Gasteiger partial charge on any atom is 0.244 e. The fraction of sp³-hybridized carbons (Fsp3) is 0.364. The average molecular weight is 416 g/mol. The number of benzene rings is 2. The number of anilines is 1. The summed E-state index contributed by atoms with van der Waals surface area (Å²) in [7, 11) is 3.32. The summed E-state index contributed by atoms with van der Waals surface area (Å²) in [6.07, 6.45) is 2.04. The second-order valence-corrected chi connectivity index (χ2v) is 7.59. The third-order valence-electron chi connectivity index (χ3n) is 5.04. The lowest BCUT2D eigenvalue weighted by Gasteiger charge is -2.30. The van der Waals surface area contributed by atoms with Gasteiger partial charge in [-0.15, -0.1) is 0 Å². The van der Waals surface area contributed by atoms with E-state index in [1.807, 2.05) is 35.2 Å². The molecule has 1 aliphatic heterocycles. The van der Waals surface area contributed by atoms with E-state index >= 15 is 0 Å². The van der Waals surface area contributed by atoms with Crippen molar-refractivity contribution in [2.45, 2.75) is 18.9 Å². The number of nitrogens with one attached hydrogen (secondary N) is 1. The molecule has 1 aliphatic rings. The van der Waals surface area contributed by atoms with Crippen molar-refractivity contribution >= 4 is 29.1 Å². The molecule has 2 amide bonds. The molecule has 1 N–H and O–H groups in total. The third kappa shape index (κ3) is 5.28. The highest BCUT2D eigenvalue weighted by molar-refractivity contribution is 6.31. The molecule has 29 heavy (non-hydrogen) atoms. The number of amides is 2. The number of rotatable bonds is 7. The van der Waals surface area contributed by atoms with Gasteiger partial charge in [-0.1, -0.05) is 41.9 Å². The first-order valence-corrected chi connectivity index (χ1v) is 10.0. The highest BCUT2D eigenvalue weighted by Crippen LogP contribution is 2.28. The second-order valence-electron chi connectivity index (χ2n) is 7.15. The normalized spacial score (nSPS) is 14.7. The number of hydrogen-bond acceptors (Lipinski definition) is 4. The maximum absolute atomic E-state index is 13.2. The van der Waals surface area contributed by atoms with Crippen LogP contribution in [-0.2, 0) is 9.59 Å². The topological polar surface area (TPSA) is 61.9 Å². The van der Waals surface area contributed by atoms with Crippen molar-refractivity contribution < 1.29 is 14.3 Å². The maximum atomic E-state index is 13.2. The monoisotopic (exact) mass is 415 g/mol. The molecule has 7 heteroatoms. The van der Waals surface area contributed by atoms with Crippen molar-refractivity contribution in [1.82, 2.24) is 9.80 Å². The summed E-state index contributed by atoms with van der Waals surface area (Å²) >= 11 is 6.04. The Morgan fingerprint density at radius 3 is 2.52 bits per heavy atom. The zero-order chi connectivity index (χ0) is 20.8. The minimum atomic E-state index is -0.513. The van der Waals surface area contributed by atoms with E-state index in [1.165, 1.54) is 7.11 Å². The number of methoxy groups -OCH3 is 1. The first kappa shape index (κ1) is 21.1. The van der Waals surface area contributed by atoms with Crippen molar-refractivity contribution in [3.63, 3.8) is 0 Å². The van der Waals surface area contributed by atoms with Gasteiger partial charge in [-0.25, -0.2) is 0 Å².